The minimum Gasteiger partial charge on any atom is -0.379 e. The minimum absolute atomic E-state index is 0.0108. The van der Waals surface area contributed by atoms with Crippen LogP contribution in [0.3, 0.4) is 0 Å². The first-order valence-electron chi connectivity index (χ1n) is 11.0. The van der Waals surface area contributed by atoms with Crippen LogP contribution in [-0.2, 0) is 4.74 Å². The van der Waals surface area contributed by atoms with E-state index in [0.29, 0.717) is 17.7 Å². The summed E-state index contributed by atoms with van der Waals surface area (Å²) in [6.45, 7) is 10.6. The number of nitrogens with zero attached hydrogens (tertiary/aromatic N) is 3. The lowest BCUT2D eigenvalue weighted by Gasteiger charge is -2.27. The SMILES string of the molecule is CC(=O)c1ccc(C(=O)N(CCCN2CCOCC2)c2nc3cc(C)cc(C)c3s2)cc1. The molecule has 0 radical (unpaired) electrons. The molecule has 2 aromatic carbocycles. The van der Waals surface area contributed by atoms with E-state index in [1.807, 2.05) is 0 Å². The van der Waals surface area contributed by atoms with Gasteiger partial charge < -0.3 is 4.74 Å². The average Bonchev–Trinajstić information content (AvgIpc) is 3.21. The highest BCUT2D eigenvalue weighted by Gasteiger charge is 2.22. The van der Waals surface area contributed by atoms with Gasteiger partial charge in [-0.15, -0.1) is 0 Å². The number of benzene rings is 2. The van der Waals surface area contributed by atoms with Gasteiger partial charge in [-0.25, -0.2) is 4.98 Å². The highest BCUT2D eigenvalue weighted by atomic mass is 32.1. The summed E-state index contributed by atoms with van der Waals surface area (Å²) in [5.41, 5.74) is 4.44. The zero-order valence-electron chi connectivity index (χ0n) is 18.9. The molecule has 1 aromatic heterocycles. The molecule has 1 aliphatic rings. The molecular formula is C25H29N3O3S. The molecular weight excluding hydrogens is 422 g/mol. The number of thiazole rings is 1. The Hall–Kier alpha value is -2.61. The number of anilines is 1. The van der Waals surface area contributed by atoms with Crippen LogP contribution >= 0.6 is 11.3 Å². The number of carbonyl (C=O) groups excluding carboxylic acids is 2. The summed E-state index contributed by atoms with van der Waals surface area (Å²) in [7, 11) is 0. The highest BCUT2D eigenvalue weighted by Crippen LogP contribution is 2.33. The highest BCUT2D eigenvalue weighted by molar-refractivity contribution is 7.22. The Bertz CT molecular complexity index is 1120. The van der Waals surface area contributed by atoms with Crippen LogP contribution in [0.2, 0.25) is 0 Å². The van der Waals surface area contributed by atoms with Gasteiger partial charge in [-0.05, 0) is 56.5 Å². The van der Waals surface area contributed by atoms with Crippen LogP contribution in [-0.4, -0.2) is 61.0 Å². The van der Waals surface area contributed by atoms with Gasteiger partial charge in [0.15, 0.2) is 10.9 Å². The van der Waals surface area contributed by atoms with Crippen molar-refractivity contribution in [3.63, 3.8) is 0 Å². The van der Waals surface area contributed by atoms with E-state index in [-0.39, 0.29) is 11.7 Å². The molecule has 168 valence electrons. The van der Waals surface area contributed by atoms with E-state index < -0.39 is 0 Å². The van der Waals surface area contributed by atoms with Crippen molar-refractivity contribution in [1.29, 1.82) is 0 Å². The van der Waals surface area contributed by atoms with Gasteiger partial charge in [-0.2, -0.15) is 0 Å². The van der Waals surface area contributed by atoms with Gasteiger partial charge in [0.2, 0.25) is 0 Å². The number of morpholine rings is 1. The van der Waals surface area contributed by atoms with Gasteiger partial charge in [-0.1, -0.05) is 29.5 Å². The Kier molecular flexibility index (Phi) is 6.98. The van der Waals surface area contributed by atoms with Gasteiger partial charge in [0, 0.05) is 37.3 Å². The summed E-state index contributed by atoms with van der Waals surface area (Å²) in [6.07, 6.45) is 0.852. The number of fused-ring (bicyclic) bond motifs is 1. The number of carbonyl (C=O) groups is 2. The molecule has 1 aliphatic heterocycles. The van der Waals surface area contributed by atoms with E-state index in [0.717, 1.165) is 60.2 Å². The zero-order valence-corrected chi connectivity index (χ0v) is 19.7. The normalized spacial score (nSPS) is 14.6. The van der Waals surface area contributed by atoms with Crippen LogP contribution in [0.5, 0.6) is 0 Å². The van der Waals surface area contributed by atoms with E-state index in [1.54, 1.807) is 40.5 Å². The molecule has 1 amide bonds. The van der Waals surface area contributed by atoms with Gasteiger partial charge in [0.1, 0.15) is 0 Å². The summed E-state index contributed by atoms with van der Waals surface area (Å²) in [6, 6.07) is 11.1. The van der Waals surface area contributed by atoms with Crippen LogP contribution in [0, 0.1) is 13.8 Å². The molecule has 0 spiro atoms. The Labute approximate surface area is 192 Å². The van der Waals surface area contributed by atoms with Crippen molar-refractivity contribution in [2.45, 2.75) is 27.2 Å². The summed E-state index contributed by atoms with van der Waals surface area (Å²) in [4.78, 5) is 34.1. The molecule has 4 rings (SSSR count). The first kappa shape index (κ1) is 22.6. The first-order valence-corrected chi connectivity index (χ1v) is 11.8. The van der Waals surface area contributed by atoms with Crippen LogP contribution in [0.25, 0.3) is 10.2 Å². The summed E-state index contributed by atoms with van der Waals surface area (Å²) in [5, 5.41) is 0.719. The van der Waals surface area contributed by atoms with Crippen molar-refractivity contribution in [2.24, 2.45) is 0 Å². The molecule has 6 nitrogen and oxygen atoms in total. The Balaban J connectivity index is 1.60. The second kappa shape index (κ2) is 9.90. The lowest BCUT2D eigenvalue weighted by molar-refractivity contribution is 0.0376. The van der Waals surface area contributed by atoms with E-state index in [9.17, 15) is 9.59 Å². The molecule has 0 aliphatic carbocycles. The molecule has 0 saturated carbocycles. The summed E-state index contributed by atoms with van der Waals surface area (Å²) < 4.78 is 6.55. The Morgan fingerprint density at radius 1 is 1.09 bits per heavy atom. The second-order valence-corrected chi connectivity index (χ2v) is 9.30. The average molecular weight is 452 g/mol. The van der Waals surface area contributed by atoms with E-state index >= 15 is 0 Å². The van der Waals surface area contributed by atoms with Crippen LogP contribution in [0.15, 0.2) is 36.4 Å². The number of hydrogen-bond donors (Lipinski definition) is 0. The fourth-order valence-corrected chi connectivity index (χ4v) is 5.08. The Morgan fingerprint density at radius 3 is 2.47 bits per heavy atom. The number of rotatable bonds is 7. The fourth-order valence-electron chi connectivity index (χ4n) is 4.04. The molecule has 1 saturated heterocycles. The lowest BCUT2D eigenvalue weighted by atomic mass is 10.1. The van der Waals surface area contributed by atoms with Crippen molar-refractivity contribution in [2.75, 3.05) is 44.3 Å². The molecule has 0 bridgehead atoms. The number of hydrogen-bond acceptors (Lipinski definition) is 6. The third-order valence-corrected chi connectivity index (χ3v) is 7.01. The zero-order chi connectivity index (χ0) is 22.7. The maximum Gasteiger partial charge on any atom is 0.260 e. The number of ether oxygens (including phenoxy) is 1. The maximum absolute atomic E-state index is 13.5. The van der Waals surface area contributed by atoms with Crippen molar-refractivity contribution in [3.8, 4) is 0 Å². The predicted octanol–water partition coefficient (Wildman–Crippen LogP) is 4.48. The molecule has 7 heteroatoms. The van der Waals surface area contributed by atoms with Gasteiger partial charge >= 0.3 is 0 Å². The van der Waals surface area contributed by atoms with Gasteiger partial charge in [0.25, 0.3) is 5.91 Å². The number of aryl methyl sites for hydroxylation is 2. The molecule has 1 fully saturated rings. The molecule has 3 aromatic rings. The van der Waals surface area contributed by atoms with Crippen molar-refractivity contribution in [3.05, 3.63) is 58.7 Å². The maximum atomic E-state index is 13.5. The molecule has 32 heavy (non-hydrogen) atoms. The predicted molar refractivity (Wildman–Crippen MR) is 129 cm³/mol. The third-order valence-electron chi connectivity index (χ3n) is 5.78. The van der Waals surface area contributed by atoms with Crippen molar-refractivity contribution in [1.82, 2.24) is 9.88 Å². The second-order valence-electron chi connectivity index (χ2n) is 8.32. The number of amides is 1. The van der Waals surface area contributed by atoms with Gasteiger partial charge in [0.05, 0.1) is 23.4 Å². The van der Waals surface area contributed by atoms with Gasteiger partial charge in [-0.3, -0.25) is 19.4 Å². The van der Waals surface area contributed by atoms with Crippen LogP contribution < -0.4 is 4.90 Å². The topological polar surface area (TPSA) is 62.7 Å². The van der Waals surface area contributed by atoms with E-state index in [1.165, 1.54) is 12.5 Å². The van der Waals surface area contributed by atoms with Crippen LogP contribution in [0.1, 0.15) is 45.2 Å². The number of ketones is 1. The third kappa shape index (κ3) is 5.06. The largest absolute Gasteiger partial charge is 0.379 e. The van der Waals surface area contributed by atoms with E-state index in [4.69, 9.17) is 9.72 Å². The lowest BCUT2D eigenvalue weighted by Crippen LogP contribution is -2.39. The quantitative estimate of drug-likeness (QED) is 0.496. The molecule has 0 N–H and O–H groups in total. The standard InChI is InChI=1S/C25H29N3O3S/c1-17-15-18(2)23-22(16-17)26-25(32-23)28(10-4-9-27-11-13-31-14-12-27)24(30)21-7-5-20(6-8-21)19(3)29/h5-8,15-16H,4,9-14H2,1-3H3. The van der Waals surface area contributed by atoms with E-state index in [2.05, 4.69) is 30.9 Å². The molecule has 0 atom stereocenters. The Morgan fingerprint density at radius 2 is 1.78 bits per heavy atom. The number of Topliss-reactive ketones (excluding diaryl/α,β-unsaturated/α-hetero) is 1. The van der Waals surface area contributed by atoms with Crippen molar-refractivity contribution >= 4 is 38.4 Å². The number of aromatic nitrogens is 1. The molecule has 2 heterocycles. The smallest absolute Gasteiger partial charge is 0.260 e. The summed E-state index contributed by atoms with van der Waals surface area (Å²) in [5.74, 6) is -0.0982. The summed E-state index contributed by atoms with van der Waals surface area (Å²) >= 11 is 1.56. The monoisotopic (exact) mass is 451 g/mol. The first-order chi connectivity index (χ1) is 15.4. The van der Waals surface area contributed by atoms with Crippen molar-refractivity contribution < 1.29 is 14.3 Å². The molecule has 0 unspecified atom stereocenters. The fraction of sp³-hybridized carbons (Fsp3) is 0.400. The minimum atomic E-state index is -0.0875. The van der Waals surface area contributed by atoms with Crippen LogP contribution in [0.4, 0.5) is 5.13 Å².